The number of nitrogens with zero attached hydrogens (tertiary/aromatic N) is 3. The Morgan fingerprint density at radius 2 is 1.90 bits per heavy atom. The molecule has 0 bridgehead atoms. The Morgan fingerprint density at radius 1 is 1.10 bits per heavy atom. The zero-order chi connectivity index (χ0) is 20.6. The molecule has 0 spiro atoms. The lowest BCUT2D eigenvalue weighted by molar-refractivity contribution is -0.130. The van der Waals surface area contributed by atoms with Gasteiger partial charge in [0.25, 0.3) is 11.8 Å². The molecular weight excluding hydrogens is 368 g/mol. The standard InChI is InChI=1S/C22H24N4O3/c1-25(2)21(27)16-29-20-10-6-7-18(13-20)22(28)23-12-11-17-14-24-26(15-17)19-8-4-3-5-9-19/h3-10,13-15H,11-12,16H2,1-2H3,(H,23,28). The Hall–Kier alpha value is -3.61. The van der Waals surface area contributed by atoms with Crippen LogP contribution in [0, 0.1) is 0 Å². The molecule has 150 valence electrons. The number of aromatic nitrogens is 2. The maximum atomic E-state index is 12.4. The first-order valence-corrected chi connectivity index (χ1v) is 9.33. The maximum absolute atomic E-state index is 12.4. The van der Waals surface area contributed by atoms with Crippen LogP contribution in [0.15, 0.2) is 67.0 Å². The second-order valence-corrected chi connectivity index (χ2v) is 6.74. The van der Waals surface area contributed by atoms with Gasteiger partial charge in [-0.25, -0.2) is 4.68 Å². The third-order valence-corrected chi connectivity index (χ3v) is 4.31. The SMILES string of the molecule is CN(C)C(=O)COc1cccc(C(=O)NCCc2cnn(-c3ccccc3)c2)c1. The number of para-hydroxylation sites is 1. The Kier molecular flexibility index (Phi) is 6.63. The summed E-state index contributed by atoms with van der Waals surface area (Å²) in [6, 6.07) is 16.7. The highest BCUT2D eigenvalue weighted by molar-refractivity contribution is 5.94. The number of hydrogen-bond acceptors (Lipinski definition) is 4. The largest absolute Gasteiger partial charge is 0.484 e. The second-order valence-electron chi connectivity index (χ2n) is 6.74. The third-order valence-electron chi connectivity index (χ3n) is 4.31. The molecule has 0 aliphatic rings. The predicted octanol–water partition coefficient (Wildman–Crippen LogP) is 2.31. The number of ether oxygens (including phenoxy) is 1. The average Bonchev–Trinajstić information content (AvgIpc) is 3.21. The molecule has 7 heteroatoms. The van der Waals surface area contributed by atoms with Crippen molar-refractivity contribution in [1.29, 1.82) is 0 Å². The molecule has 0 unspecified atom stereocenters. The molecule has 29 heavy (non-hydrogen) atoms. The number of amides is 2. The van der Waals surface area contributed by atoms with Crippen molar-refractivity contribution in [3.05, 3.63) is 78.1 Å². The summed E-state index contributed by atoms with van der Waals surface area (Å²) in [4.78, 5) is 25.5. The van der Waals surface area contributed by atoms with E-state index in [1.54, 1.807) is 44.6 Å². The molecule has 0 radical (unpaired) electrons. The van der Waals surface area contributed by atoms with E-state index >= 15 is 0 Å². The Bertz CT molecular complexity index is 967. The van der Waals surface area contributed by atoms with Gasteiger partial charge in [0, 0.05) is 32.4 Å². The summed E-state index contributed by atoms with van der Waals surface area (Å²) in [5.74, 6) is 0.151. The first kappa shape index (κ1) is 20.1. The molecule has 0 aliphatic heterocycles. The molecule has 0 aliphatic carbocycles. The number of nitrogens with one attached hydrogen (secondary N) is 1. The van der Waals surface area contributed by atoms with Crippen LogP contribution in [0.4, 0.5) is 0 Å². The van der Waals surface area contributed by atoms with E-state index in [1.807, 2.05) is 41.2 Å². The first-order chi connectivity index (χ1) is 14.0. The van der Waals surface area contributed by atoms with Crippen molar-refractivity contribution in [3.63, 3.8) is 0 Å². The molecule has 2 amide bonds. The summed E-state index contributed by atoms with van der Waals surface area (Å²) in [5, 5.41) is 7.26. The van der Waals surface area contributed by atoms with E-state index in [4.69, 9.17) is 4.74 Å². The van der Waals surface area contributed by atoms with Gasteiger partial charge in [-0.15, -0.1) is 0 Å². The van der Waals surface area contributed by atoms with Gasteiger partial charge in [0.05, 0.1) is 11.9 Å². The number of likely N-dealkylation sites (N-methyl/N-ethyl adjacent to an activating group) is 1. The summed E-state index contributed by atoms with van der Waals surface area (Å²) < 4.78 is 7.27. The molecule has 1 N–H and O–H groups in total. The Balaban J connectivity index is 1.50. The monoisotopic (exact) mass is 392 g/mol. The van der Waals surface area contributed by atoms with E-state index in [2.05, 4.69) is 10.4 Å². The number of rotatable bonds is 8. The minimum atomic E-state index is -0.190. The van der Waals surface area contributed by atoms with Crippen molar-refractivity contribution in [2.24, 2.45) is 0 Å². The van der Waals surface area contributed by atoms with Crippen molar-refractivity contribution in [3.8, 4) is 11.4 Å². The van der Waals surface area contributed by atoms with Gasteiger partial charge in [0.15, 0.2) is 6.61 Å². The topological polar surface area (TPSA) is 76.5 Å². The fraction of sp³-hybridized carbons (Fsp3) is 0.227. The molecule has 3 aromatic rings. The second kappa shape index (κ2) is 9.54. The van der Waals surface area contributed by atoms with Crippen molar-refractivity contribution in [2.75, 3.05) is 27.2 Å². The van der Waals surface area contributed by atoms with Crippen molar-refractivity contribution < 1.29 is 14.3 Å². The smallest absolute Gasteiger partial charge is 0.259 e. The molecule has 1 aromatic heterocycles. The van der Waals surface area contributed by atoms with Crippen molar-refractivity contribution in [2.45, 2.75) is 6.42 Å². The van der Waals surface area contributed by atoms with Crippen molar-refractivity contribution in [1.82, 2.24) is 20.0 Å². The van der Waals surface area contributed by atoms with E-state index < -0.39 is 0 Å². The Labute approximate surface area is 169 Å². The van der Waals surface area contributed by atoms with Gasteiger partial charge < -0.3 is 15.0 Å². The minimum Gasteiger partial charge on any atom is -0.484 e. The van der Waals surface area contributed by atoms with Crippen molar-refractivity contribution >= 4 is 11.8 Å². The molecule has 0 fully saturated rings. The van der Waals surface area contributed by atoms with E-state index in [0.717, 1.165) is 11.3 Å². The van der Waals surface area contributed by atoms with Crippen LogP contribution >= 0.6 is 0 Å². The van der Waals surface area contributed by atoms with Gasteiger partial charge in [-0.05, 0) is 42.3 Å². The van der Waals surface area contributed by atoms with Gasteiger partial charge in [-0.1, -0.05) is 24.3 Å². The molecule has 0 atom stereocenters. The zero-order valence-electron chi connectivity index (χ0n) is 16.5. The molecule has 0 saturated carbocycles. The molecule has 0 saturated heterocycles. The number of carbonyl (C=O) groups excluding carboxylic acids is 2. The highest BCUT2D eigenvalue weighted by atomic mass is 16.5. The summed E-state index contributed by atoms with van der Waals surface area (Å²) in [6.07, 6.45) is 4.43. The molecule has 1 heterocycles. The van der Waals surface area contributed by atoms with Crippen LogP contribution in [-0.2, 0) is 11.2 Å². The fourth-order valence-electron chi connectivity index (χ4n) is 2.63. The van der Waals surface area contributed by atoms with Crippen LogP contribution < -0.4 is 10.1 Å². The lowest BCUT2D eigenvalue weighted by Gasteiger charge is -2.12. The summed E-state index contributed by atoms with van der Waals surface area (Å²) >= 11 is 0. The van der Waals surface area contributed by atoms with Crippen LogP contribution in [0.2, 0.25) is 0 Å². The van der Waals surface area contributed by atoms with Crippen LogP contribution in [0.1, 0.15) is 15.9 Å². The number of benzene rings is 2. The van der Waals surface area contributed by atoms with Crippen LogP contribution in [0.5, 0.6) is 5.75 Å². The molecule has 7 nitrogen and oxygen atoms in total. The minimum absolute atomic E-state index is 0.0660. The molecule has 3 rings (SSSR count). The summed E-state index contributed by atoms with van der Waals surface area (Å²) in [5.41, 5.74) is 2.51. The zero-order valence-corrected chi connectivity index (χ0v) is 16.5. The quantitative estimate of drug-likeness (QED) is 0.638. The highest BCUT2D eigenvalue weighted by Crippen LogP contribution is 2.13. The van der Waals surface area contributed by atoms with Crippen LogP contribution in [0.3, 0.4) is 0 Å². The van der Waals surface area contributed by atoms with E-state index in [1.165, 1.54) is 4.90 Å². The van der Waals surface area contributed by atoms with Gasteiger partial charge in [-0.3, -0.25) is 9.59 Å². The molecule has 2 aromatic carbocycles. The van der Waals surface area contributed by atoms with E-state index in [-0.39, 0.29) is 18.4 Å². The normalized spacial score (nSPS) is 10.4. The third kappa shape index (κ3) is 5.68. The number of hydrogen-bond donors (Lipinski definition) is 1. The first-order valence-electron chi connectivity index (χ1n) is 9.33. The van der Waals surface area contributed by atoms with Gasteiger partial charge in [-0.2, -0.15) is 5.10 Å². The van der Waals surface area contributed by atoms with Gasteiger partial charge in [0.2, 0.25) is 0 Å². The van der Waals surface area contributed by atoms with Crippen LogP contribution in [0.25, 0.3) is 5.69 Å². The lowest BCUT2D eigenvalue weighted by Crippen LogP contribution is -2.28. The summed E-state index contributed by atoms with van der Waals surface area (Å²) in [6.45, 7) is 0.424. The maximum Gasteiger partial charge on any atom is 0.259 e. The highest BCUT2D eigenvalue weighted by Gasteiger charge is 2.09. The van der Waals surface area contributed by atoms with Crippen LogP contribution in [-0.4, -0.2) is 53.7 Å². The van der Waals surface area contributed by atoms with E-state index in [9.17, 15) is 9.59 Å². The lowest BCUT2D eigenvalue weighted by atomic mass is 10.2. The predicted molar refractivity (Wildman–Crippen MR) is 110 cm³/mol. The van der Waals surface area contributed by atoms with E-state index in [0.29, 0.717) is 24.3 Å². The molecular formula is C22H24N4O3. The average molecular weight is 392 g/mol. The van der Waals surface area contributed by atoms with Gasteiger partial charge in [0.1, 0.15) is 5.75 Å². The summed E-state index contributed by atoms with van der Waals surface area (Å²) in [7, 11) is 3.33. The Morgan fingerprint density at radius 3 is 2.66 bits per heavy atom. The van der Waals surface area contributed by atoms with Gasteiger partial charge >= 0.3 is 0 Å². The fourth-order valence-corrected chi connectivity index (χ4v) is 2.63. The number of carbonyl (C=O) groups is 2.